The summed E-state index contributed by atoms with van der Waals surface area (Å²) >= 11 is 0. The molecule has 1 aromatic heterocycles. The normalized spacial score (nSPS) is 15.8. The molecule has 1 aliphatic heterocycles. The first-order valence-corrected chi connectivity index (χ1v) is 12.0. The lowest BCUT2D eigenvalue weighted by molar-refractivity contribution is -0.153. The number of carbonyl (C=O) groups excluding carboxylic acids is 2. The zero-order valence-electron chi connectivity index (χ0n) is 19.5. The van der Waals surface area contributed by atoms with Crippen molar-refractivity contribution in [3.05, 3.63) is 59.4 Å². The monoisotopic (exact) mass is 462 g/mol. The summed E-state index contributed by atoms with van der Waals surface area (Å²) < 4.78 is 16.8. The minimum Gasteiger partial charge on any atom is -0.482 e. The van der Waals surface area contributed by atoms with Gasteiger partial charge in [0.05, 0.1) is 0 Å². The molecule has 0 radical (unpaired) electrons. The summed E-state index contributed by atoms with van der Waals surface area (Å²) in [7, 11) is 0. The Morgan fingerprint density at radius 3 is 2.62 bits per heavy atom. The fraction of sp³-hybridized carbons (Fsp3) is 0.407. The largest absolute Gasteiger partial charge is 0.482 e. The van der Waals surface area contributed by atoms with Crippen LogP contribution in [0.1, 0.15) is 29.7 Å². The Hall–Kier alpha value is -3.48. The Balaban J connectivity index is 1.08. The minimum atomic E-state index is -0.555. The van der Waals surface area contributed by atoms with Crippen LogP contribution in [0.15, 0.2) is 46.9 Å². The summed E-state index contributed by atoms with van der Waals surface area (Å²) in [6.07, 6.45) is 4.30. The van der Waals surface area contributed by atoms with Crippen molar-refractivity contribution in [2.45, 2.75) is 32.6 Å². The maximum absolute atomic E-state index is 12.5. The van der Waals surface area contributed by atoms with Gasteiger partial charge in [-0.3, -0.25) is 4.79 Å². The molecule has 7 nitrogen and oxygen atoms in total. The number of carbonyl (C=O) groups is 2. The molecule has 34 heavy (non-hydrogen) atoms. The van der Waals surface area contributed by atoms with Crippen LogP contribution >= 0.6 is 0 Å². The lowest BCUT2D eigenvalue weighted by Gasteiger charge is -2.36. The maximum atomic E-state index is 12.5. The van der Waals surface area contributed by atoms with Crippen LogP contribution in [0.25, 0.3) is 11.0 Å². The highest BCUT2D eigenvalue weighted by molar-refractivity contribution is 5.84. The number of rotatable bonds is 6. The zero-order valence-corrected chi connectivity index (χ0v) is 19.5. The second kappa shape index (κ2) is 9.79. The van der Waals surface area contributed by atoms with Gasteiger partial charge in [0, 0.05) is 49.2 Å². The molecule has 1 amide bonds. The number of anilines is 1. The van der Waals surface area contributed by atoms with E-state index in [-0.39, 0.29) is 19.1 Å². The first kappa shape index (κ1) is 22.3. The molecule has 0 saturated carbocycles. The summed E-state index contributed by atoms with van der Waals surface area (Å²) in [5.41, 5.74) is 4.50. The minimum absolute atomic E-state index is 0.177. The van der Waals surface area contributed by atoms with E-state index in [0.29, 0.717) is 18.8 Å². The molecule has 2 aromatic carbocycles. The standard InChI is InChI=1S/C27H30N2O5/c1-19-5-4-6-20(15-19)28-11-13-29(14-12-28)26(30)17-33-27(31)18-32-21-9-10-25-23(16-21)22-7-2-3-8-24(22)34-25/h4-6,9-10,15-16H,2-3,7-8,11-14,17-18H2,1H3. The van der Waals surface area contributed by atoms with Crippen LogP contribution < -0.4 is 9.64 Å². The Morgan fingerprint density at radius 1 is 0.971 bits per heavy atom. The van der Waals surface area contributed by atoms with Crippen molar-refractivity contribution in [2.75, 3.05) is 44.3 Å². The highest BCUT2D eigenvalue weighted by Crippen LogP contribution is 2.33. The molecule has 1 saturated heterocycles. The van der Waals surface area contributed by atoms with Gasteiger partial charge in [0.2, 0.25) is 0 Å². The number of piperazine rings is 1. The number of fused-ring (bicyclic) bond motifs is 3. The molecular weight excluding hydrogens is 432 g/mol. The van der Waals surface area contributed by atoms with Gasteiger partial charge in [0.15, 0.2) is 13.2 Å². The van der Waals surface area contributed by atoms with Crippen LogP contribution in [0.5, 0.6) is 5.75 Å². The Morgan fingerprint density at radius 2 is 1.79 bits per heavy atom. The molecule has 2 heterocycles. The third kappa shape index (κ3) is 4.88. The predicted octanol–water partition coefficient (Wildman–Crippen LogP) is 3.89. The van der Waals surface area contributed by atoms with Gasteiger partial charge in [-0.25, -0.2) is 4.79 Å². The Kier molecular flexibility index (Phi) is 6.43. The summed E-state index contributed by atoms with van der Waals surface area (Å²) in [5, 5.41) is 1.06. The van der Waals surface area contributed by atoms with E-state index in [2.05, 4.69) is 30.0 Å². The Bertz CT molecular complexity index is 1190. The number of furan rings is 1. The highest BCUT2D eigenvalue weighted by Gasteiger charge is 2.23. The van der Waals surface area contributed by atoms with E-state index < -0.39 is 5.97 Å². The lowest BCUT2D eigenvalue weighted by Crippen LogP contribution is -2.50. The average molecular weight is 463 g/mol. The van der Waals surface area contributed by atoms with E-state index in [9.17, 15) is 9.59 Å². The second-order valence-electron chi connectivity index (χ2n) is 9.03. The Labute approximate surface area is 199 Å². The summed E-state index contributed by atoms with van der Waals surface area (Å²) in [4.78, 5) is 28.7. The molecule has 0 unspecified atom stereocenters. The van der Waals surface area contributed by atoms with E-state index in [1.54, 1.807) is 11.0 Å². The number of hydrogen-bond donors (Lipinski definition) is 0. The van der Waals surface area contributed by atoms with Gasteiger partial charge in [-0.2, -0.15) is 0 Å². The smallest absolute Gasteiger partial charge is 0.344 e. The molecule has 0 bridgehead atoms. The number of esters is 1. The fourth-order valence-corrected chi connectivity index (χ4v) is 4.79. The van der Waals surface area contributed by atoms with Crippen molar-refractivity contribution >= 4 is 28.5 Å². The third-order valence-corrected chi connectivity index (χ3v) is 6.64. The summed E-state index contributed by atoms with van der Waals surface area (Å²) in [5.74, 6) is 0.929. The van der Waals surface area contributed by atoms with Crippen molar-refractivity contribution in [3.8, 4) is 5.75 Å². The predicted molar refractivity (Wildman–Crippen MR) is 129 cm³/mol. The molecule has 5 rings (SSSR count). The molecule has 178 valence electrons. The number of benzene rings is 2. The maximum Gasteiger partial charge on any atom is 0.344 e. The van der Waals surface area contributed by atoms with Crippen molar-refractivity contribution in [2.24, 2.45) is 0 Å². The molecular formula is C27H30N2O5. The van der Waals surface area contributed by atoms with Crippen LogP contribution in [0.3, 0.4) is 0 Å². The van der Waals surface area contributed by atoms with Crippen LogP contribution in [0.2, 0.25) is 0 Å². The lowest BCUT2D eigenvalue weighted by atomic mass is 9.96. The first-order chi connectivity index (χ1) is 16.6. The quantitative estimate of drug-likeness (QED) is 0.518. The molecule has 1 aliphatic carbocycles. The zero-order chi connectivity index (χ0) is 23.5. The van der Waals surface area contributed by atoms with Crippen LogP contribution in [-0.2, 0) is 27.2 Å². The van der Waals surface area contributed by atoms with Crippen molar-refractivity contribution in [1.29, 1.82) is 0 Å². The third-order valence-electron chi connectivity index (χ3n) is 6.64. The van der Waals surface area contributed by atoms with Gasteiger partial charge in [-0.1, -0.05) is 12.1 Å². The molecule has 3 aromatic rings. The van der Waals surface area contributed by atoms with Crippen molar-refractivity contribution in [1.82, 2.24) is 4.90 Å². The number of hydrogen-bond acceptors (Lipinski definition) is 6. The SMILES string of the molecule is Cc1cccc(N2CCN(C(=O)COC(=O)COc3ccc4oc5c(c4c3)CCCC5)CC2)c1. The number of ether oxygens (including phenoxy) is 2. The molecule has 2 aliphatic rings. The molecule has 1 fully saturated rings. The summed E-state index contributed by atoms with van der Waals surface area (Å²) in [6, 6.07) is 14.0. The van der Waals surface area contributed by atoms with Crippen molar-refractivity contribution in [3.63, 3.8) is 0 Å². The van der Waals surface area contributed by atoms with E-state index in [0.717, 1.165) is 55.5 Å². The van der Waals surface area contributed by atoms with E-state index in [1.165, 1.54) is 16.8 Å². The van der Waals surface area contributed by atoms with E-state index >= 15 is 0 Å². The van der Waals surface area contributed by atoms with E-state index in [1.807, 2.05) is 18.2 Å². The van der Waals surface area contributed by atoms with Crippen molar-refractivity contribution < 1.29 is 23.5 Å². The molecule has 7 heteroatoms. The second-order valence-corrected chi connectivity index (χ2v) is 9.03. The van der Waals surface area contributed by atoms with Gasteiger partial charge in [-0.15, -0.1) is 0 Å². The topological polar surface area (TPSA) is 72.2 Å². The first-order valence-electron chi connectivity index (χ1n) is 12.0. The fourth-order valence-electron chi connectivity index (χ4n) is 4.79. The number of nitrogens with zero attached hydrogens (tertiary/aromatic N) is 2. The van der Waals surface area contributed by atoms with Gasteiger partial charge < -0.3 is 23.7 Å². The van der Waals surface area contributed by atoms with Crippen LogP contribution in [0, 0.1) is 6.92 Å². The van der Waals surface area contributed by atoms with E-state index in [4.69, 9.17) is 13.9 Å². The van der Waals surface area contributed by atoms with Gasteiger partial charge in [-0.05, 0) is 62.1 Å². The molecule has 0 spiro atoms. The van der Waals surface area contributed by atoms with Gasteiger partial charge >= 0.3 is 5.97 Å². The van der Waals surface area contributed by atoms with Gasteiger partial charge in [0.25, 0.3) is 5.91 Å². The molecule has 0 atom stereocenters. The number of aryl methyl sites for hydroxylation is 3. The van der Waals surface area contributed by atoms with Crippen LogP contribution in [0.4, 0.5) is 5.69 Å². The number of amides is 1. The summed E-state index contributed by atoms with van der Waals surface area (Å²) in [6.45, 7) is 4.30. The van der Waals surface area contributed by atoms with Gasteiger partial charge in [0.1, 0.15) is 17.1 Å². The molecule has 0 N–H and O–H groups in total. The average Bonchev–Trinajstić information content (AvgIpc) is 3.24. The van der Waals surface area contributed by atoms with Crippen LogP contribution in [-0.4, -0.2) is 56.2 Å². The highest BCUT2D eigenvalue weighted by atomic mass is 16.6.